The number of alkyl halides is 3. The second-order valence-corrected chi connectivity index (χ2v) is 15.7. The number of benzene rings is 8. The molecule has 0 unspecified atom stereocenters. The van der Waals surface area contributed by atoms with Crippen molar-refractivity contribution in [1.82, 2.24) is 9.13 Å². The minimum atomic E-state index is -4.77. The smallest absolute Gasteiger partial charge is 0.309 e. The van der Waals surface area contributed by atoms with Crippen LogP contribution in [-0.2, 0) is 6.18 Å². The van der Waals surface area contributed by atoms with Gasteiger partial charge < -0.3 is 9.13 Å². The fourth-order valence-corrected chi connectivity index (χ4v) is 9.31. The van der Waals surface area contributed by atoms with Crippen LogP contribution >= 0.6 is 0 Å². The van der Waals surface area contributed by atoms with E-state index in [0.717, 1.165) is 22.9 Å². The van der Waals surface area contributed by atoms with Gasteiger partial charge in [-0.15, -0.1) is 0 Å². The molecule has 0 aliphatic heterocycles. The molecule has 10 aromatic rings. The summed E-state index contributed by atoms with van der Waals surface area (Å²) in [6.07, 6.45) is -4.77. The van der Waals surface area contributed by atoms with Gasteiger partial charge in [-0.2, -0.15) is 34.2 Å². The molecule has 68 heavy (non-hydrogen) atoms. The van der Waals surface area contributed by atoms with Crippen molar-refractivity contribution in [3.63, 3.8) is 0 Å². The Morgan fingerprint density at radius 3 is 1.53 bits per heavy atom. The van der Waals surface area contributed by atoms with Gasteiger partial charge in [0.1, 0.15) is 0 Å². The molecule has 0 fully saturated rings. The largest absolute Gasteiger partial charge is 0.416 e. The summed E-state index contributed by atoms with van der Waals surface area (Å²) in [6.45, 7) is 23.3. The Kier molecular flexibility index (Phi) is 9.77. The van der Waals surface area contributed by atoms with E-state index in [1.54, 1.807) is 36.4 Å². The van der Waals surface area contributed by atoms with Gasteiger partial charge in [0.15, 0.2) is 17.1 Å². The van der Waals surface area contributed by atoms with E-state index in [-0.39, 0.29) is 50.4 Å². The number of halogens is 3. The summed E-state index contributed by atoms with van der Waals surface area (Å²) in [5, 5.41) is 43.6. The van der Waals surface area contributed by atoms with Gasteiger partial charge in [-0.05, 0) is 96.1 Å². The monoisotopic (exact) mass is 879 g/mol. The highest BCUT2D eigenvalue weighted by molar-refractivity contribution is 6.13. The zero-order chi connectivity index (χ0) is 47.4. The molecular weight excluding hydrogens is 856 g/mol. The predicted molar refractivity (Wildman–Crippen MR) is 254 cm³/mol. The Balaban J connectivity index is 1.27. The first kappa shape index (κ1) is 41.6. The summed E-state index contributed by atoms with van der Waals surface area (Å²) in [7, 11) is 0. The van der Waals surface area contributed by atoms with E-state index >= 15 is 0 Å². The van der Waals surface area contributed by atoms with Crippen molar-refractivity contribution >= 4 is 60.7 Å². The van der Waals surface area contributed by atoms with Crippen LogP contribution in [0.2, 0.25) is 0 Å². The van der Waals surface area contributed by atoms with Gasteiger partial charge in [-0.3, -0.25) is 0 Å². The molecule has 8 aromatic carbocycles. The highest BCUT2D eigenvalue weighted by atomic mass is 19.4. The van der Waals surface area contributed by atoms with Crippen LogP contribution in [0.4, 0.5) is 30.2 Å². The summed E-state index contributed by atoms with van der Waals surface area (Å²) >= 11 is 0. The van der Waals surface area contributed by atoms with Crippen LogP contribution in [-0.4, -0.2) is 9.13 Å². The van der Waals surface area contributed by atoms with Gasteiger partial charge in [-0.1, -0.05) is 60.7 Å². The number of nitriles is 4. The zero-order valence-electron chi connectivity index (χ0n) is 35.0. The van der Waals surface area contributed by atoms with Crippen molar-refractivity contribution < 1.29 is 13.2 Å². The Morgan fingerprint density at radius 1 is 0.441 bits per heavy atom. The Hall–Kier alpha value is -10.4. The van der Waals surface area contributed by atoms with Crippen molar-refractivity contribution in [2.45, 2.75) is 6.18 Å². The number of para-hydroxylation sites is 2. The fraction of sp³-hybridized carbons (Fsp3) is 0.0179. The highest BCUT2D eigenvalue weighted by Gasteiger charge is 2.33. The standard InChI is InChI=1S/C56H24F3N9/c1-64-39-23-37(31-63)54(46(27-39)66-3)34-15-18-49-42(25-34)40-10-4-6-12-47(40)67(49)51-20-17-38(56(57,58)59)26-44(51)55-35(29-61)9-8-14-52(55)68-48-13-7-5-11-41(48)43-24-33(16-19-50(43)68)53-36(30-62)21-32(28-60)22-45(53)65-2/h4-27H. The number of fused-ring (bicyclic) bond motifs is 6. The molecule has 10 rings (SSSR count). The summed E-state index contributed by atoms with van der Waals surface area (Å²) in [5.74, 6) is 0. The fourth-order valence-electron chi connectivity index (χ4n) is 9.31. The summed E-state index contributed by atoms with van der Waals surface area (Å²) in [6, 6.07) is 48.4. The molecule has 0 aliphatic carbocycles. The maximum Gasteiger partial charge on any atom is 0.416 e. The van der Waals surface area contributed by atoms with E-state index in [1.165, 1.54) is 30.3 Å². The van der Waals surface area contributed by atoms with Crippen molar-refractivity contribution in [3.8, 4) is 69.0 Å². The highest BCUT2D eigenvalue weighted by Crippen LogP contribution is 2.47. The van der Waals surface area contributed by atoms with Crippen molar-refractivity contribution in [2.24, 2.45) is 0 Å². The minimum Gasteiger partial charge on any atom is -0.309 e. The third-order valence-corrected chi connectivity index (χ3v) is 12.1. The summed E-state index contributed by atoms with van der Waals surface area (Å²) < 4.78 is 48.6. The molecule has 0 aliphatic rings. The average Bonchev–Trinajstić information content (AvgIpc) is 3.88. The predicted octanol–water partition coefficient (Wildman–Crippen LogP) is 15.0. The van der Waals surface area contributed by atoms with Crippen molar-refractivity contribution in [1.29, 1.82) is 21.0 Å². The topological polar surface area (TPSA) is 118 Å². The maximum atomic E-state index is 15.0. The van der Waals surface area contributed by atoms with Crippen LogP contribution in [0.3, 0.4) is 0 Å². The third kappa shape index (κ3) is 6.42. The zero-order valence-corrected chi connectivity index (χ0v) is 35.0. The lowest BCUT2D eigenvalue weighted by Gasteiger charge is -2.21. The molecule has 0 N–H and O–H groups in total. The van der Waals surface area contributed by atoms with E-state index in [2.05, 4.69) is 32.7 Å². The molecule has 0 amide bonds. The second kappa shape index (κ2) is 16.0. The number of hydrogen-bond donors (Lipinski definition) is 0. The Morgan fingerprint density at radius 2 is 0.985 bits per heavy atom. The van der Waals surface area contributed by atoms with E-state index < -0.39 is 11.7 Å². The summed E-state index contributed by atoms with van der Waals surface area (Å²) in [4.78, 5) is 10.7. The van der Waals surface area contributed by atoms with Gasteiger partial charge in [0, 0.05) is 54.9 Å². The minimum absolute atomic E-state index is 0.102. The van der Waals surface area contributed by atoms with Crippen LogP contribution in [0.15, 0.2) is 146 Å². The quantitative estimate of drug-likeness (QED) is 0.160. The third-order valence-electron chi connectivity index (χ3n) is 12.1. The van der Waals surface area contributed by atoms with E-state index in [0.29, 0.717) is 66.5 Å². The molecule has 0 atom stereocenters. The number of nitrogens with zero attached hydrogens (tertiary/aromatic N) is 9. The van der Waals surface area contributed by atoms with Gasteiger partial charge in [-0.25, -0.2) is 14.5 Å². The van der Waals surface area contributed by atoms with Gasteiger partial charge >= 0.3 is 6.18 Å². The van der Waals surface area contributed by atoms with Crippen LogP contribution in [0.1, 0.15) is 27.8 Å². The molecule has 314 valence electrons. The molecule has 0 spiro atoms. The Bertz CT molecular complexity index is 4110. The number of aromatic nitrogens is 2. The lowest BCUT2D eigenvalue weighted by Crippen LogP contribution is -2.08. The normalized spacial score (nSPS) is 11.1. The van der Waals surface area contributed by atoms with E-state index in [1.807, 2.05) is 81.9 Å². The Labute approximate surface area is 385 Å². The van der Waals surface area contributed by atoms with Crippen molar-refractivity contribution in [3.05, 3.63) is 208 Å². The second-order valence-electron chi connectivity index (χ2n) is 15.7. The SMILES string of the molecule is [C-]#[N+]c1cc(C#N)c(-c2ccc3c(c2)c2ccccc2n3-c2ccc(C(F)(F)F)cc2-c2c(C#N)cccc2-n2c3ccccc3c3cc(-c4c(C#N)cc(C#N)cc4[N+]#[C-])ccc32)c([N+]#[C-])c1. The maximum absolute atomic E-state index is 15.0. The van der Waals surface area contributed by atoms with E-state index in [9.17, 15) is 34.2 Å². The molecule has 2 aromatic heterocycles. The molecular formula is C56H24F3N9. The first-order valence-corrected chi connectivity index (χ1v) is 20.6. The molecule has 0 saturated carbocycles. The molecule has 0 saturated heterocycles. The molecule has 0 bridgehead atoms. The van der Waals surface area contributed by atoms with Crippen LogP contribution < -0.4 is 0 Å². The van der Waals surface area contributed by atoms with Gasteiger partial charge in [0.05, 0.1) is 94.1 Å². The molecule has 9 nitrogen and oxygen atoms in total. The lowest BCUT2D eigenvalue weighted by molar-refractivity contribution is -0.137. The summed E-state index contributed by atoms with van der Waals surface area (Å²) in [5.41, 5.74) is 5.41. The van der Waals surface area contributed by atoms with Gasteiger partial charge in [0.2, 0.25) is 0 Å². The molecule has 2 heterocycles. The molecule has 12 heteroatoms. The van der Waals surface area contributed by atoms with Crippen LogP contribution in [0, 0.1) is 65.0 Å². The first-order chi connectivity index (χ1) is 33.0. The number of hydrogen-bond acceptors (Lipinski definition) is 4. The van der Waals surface area contributed by atoms with Crippen LogP contribution in [0.5, 0.6) is 0 Å². The van der Waals surface area contributed by atoms with Crippen LogP contribution in [0.25, 0.3) is 103 Å². The average molecular weight is 880 g/mol. The van der Waals surface area contributed by atoms with Crippen molar-refractivity contribution in [2.75, 3.05) is 0 Å². The number of rotatable bonds is 5. The lowest BCUT2D eigenvalue weighted by atomic mass is 9.94. The molecule has 0 radical (unpaired) electrons. The van der Waals surface area contributed by atoms with E-state index in [4.69, 9.17) is 19.7 Å². The first-order valence-electron chi connectivity index (χ1n) is 20.6. The van der Waals surface area contributed by atoms with Gasteiger partial charge in [0.25, 0.3) is 0 Å².